The molecule has 0 fully saturated rings. The van der Waals surface area contributed by atoms with E-state index in [1.165, 1.54) is 0 Å². The van der Waals surface area contributed by atoms with E-state index in [2.05, 4.69) is 38.9 Å². The highest BCUT2D eigenvalue weighted by atomic mass is 35.5. The summed E-state index contributed by atoms with van der Waals surface area (Å²) in [7, 11) is 1.99. The van der Waals surface area contributed by atoms with Crippen molar-refractivity contribution in [3.05, 3.63) is 58.1 Å². The smallest absolute Gasteiger partial charge is 0.194 e. The molecule has 2 rings (SSSR count). The number of aliphatic imine (C=N–C) groups is 1. The van der Waals surface area contributed by atoms with Crippen molar-refractivity contribution in [3.63, 3.8) is 0 Å². The van der Waals surface area contributed by atoms with Crippen LogP contribution in [0, 0.1) is 0 Å². The third kappa shape index (κ3) is 6.56. The van der Waals surface area contributed by atoms with Crippen LogP contribution in [0.15, 0.2) is 41.7 Å². The predicted molar refractivity (Wildman–Crippen MR) is 112 cm³/mol. The Morgan fingerprint density at radius 2 is 2.11 bits per heavy atom. The molecule has 0 radical (unpaired) electrons. The van der Waals surface area contributed by atoms with E-state index in [0.29, 0.717) is 29.7 Å². The summed E-state index contributed by atoms with van der Waals surface area (Å²) in [6.45, 7) is 10.7. The van der Waals surface area contributed by atoms with Crippen LogP contribution in [0.1, 0.15) is 25.2 Å². The average Bonchev–Trinajstić information content (AvgIpc) is 3.08. The topological polar surface area (TPSA) is 58.3 Å². The molecule has 0 amide bonds. The van der Waals surface area contributed by atoms with Crippen molar-refractivity contribution in [2.45, 2.75) is 33.4 Å². The van der Waals surface area contributed by atoms with Crippen molar-refractivity contribution < 1.29 is 0 Å². The van der Waals surface area contributed by atoms with Gasteiger partial charge in [0.1, 0.15) is 12.2 Å². The summed E-state index contributed by atoms with van der Waals surface area (Å²) in [5, 5.41) is 12.6. The fourth-order valence-corrected chi connectivity index (χ4v) is 2.86. The zero-order valence-electron chi connectivity index (χ0n) is 16.0. The van der Waals surface area contributed by atoms with Gasteiger partial charge in [-0.05, 0) is 24.6 Å². The molecule has 0 bridgehead atoms. The van der Waals surface area contributed by atoms with Crippen molar-refractivity contribution in [1.82, 2.24) is 25.0 Å². The summed E-state index contributed by atoms with van der Waals surface area (Å²) < 4.78 is 2.04. The second-order valence-corrected chi connectivity index (χ2v) is 7.24. The SMILES string of the molecule is C=C(C)CN=C(NCCn1cnnc1CC)N(C)Cc1ccc(Cl)c(Cl)c1. The largest absolute Gasteiger partial charge is 0.354 e. The number of benzene rings is 1. The Kier molecular flexibility index (Phi) is 8.13. The fraction of sp³-hybridized carbons (Fsp3) is 0.421. The fourth-order valence-electron chi connectivity index (χ4n) is 2.54. The first kappa shape index (κ1) is 21.3. The monoisotopic (exact) mass is 408 g/mol. The minimum absolute atomic E-state index is 0.552. The molecule has 0 spiro atoms. The van der Waals surface area contributed by atoms with Crippen LogP contribution in [-0.2, 0) is 19.5 Å². The Labute approximate surface area is 170 Å². The van der Waals surface area contributed by atoms with E-state index < -0.39 is 0 Å². The molecule has 27 heavy (non-hydrogen) atoms. The number of aromatic nitrogens is 3. The van der Waals surface area contributed by atoms with Gasteiger partial charge in [0, 0.05) is 33.1 Å². The van der Waals surface area contributed by atoms with Gasteiger partial charge in [-0.15, -0.1) is 10.2 Å². The molecule has 1 aromatic heterocycles. The summed E-state index contributed by atoms with van der Waals surface area (Å²) in [5.41, 5.74) is 2.06. The number of hydrogen-bond donors (Lipinski definition) is 1. The van der Waals surface area contributed by atoms with Crippen molar-refractivity contribution in [2.75, 3.05) is 20.1 Å². The number of nitrogens with one attached hydrogen (secondary N) is 1. The van der Waals surface area contributed by atoms with Crippen LogP contribution >= 0.6 is 23.2 Å². The van der Waals surface area contributed by atoms with E-state index in [9.17, 15) is 0 Å². The van der Waals surface area contributed by atoms with Crippen LogP contribution < -0.4 is 5.32 Å². The van der Waals surface area contributed by atoms with Gasteiger partial charge in [-0.1, -0.05) is 48.3 Å². The summed E-state index contributed by atoms with van der Waals surface area (Å²) in [6.07, 6.45) is 2.61. The number of rotatable bonds is 8. The van der Waals surface area contributed by atoms with Gasteiger partial charge in [0.2, 0.25) is 0 Å². The average molecular weight is 409 g/mol. The summed E-state index contributed by atoms with van der Waals surface area (Å²) in [6, 6.07) is 5.65. The minimum atomic E-state index is 0.552. The molecule has 0 aliphatic rings. The molecule has 146 valence electrons. The van der Waals surface area contributed by atoms with Crippen LogP contribution in [0.4, 0.5) is 0 Å². The highest BCUT2D eigenvalue weighted by Gasteiger charge is 2.09. The molecule has 0 saturated heterocycles. The lowest BCUT2D eigenvalue weighted by Gasteiger charge is -2.23. The maximum Gasteiger partial charge on any atom is 0.194 e. The third-order valence-electron chi connectivity index (χ3n) is 3.91. The van der Waals surface area contributed by atoms with Crippen LogP contribution in [0.25, 0.3) is 0 Å². The first-order valence-corrected chi connectivity index (χ1v) is 9.60. The highest BCUT2D eigenvalue weighted by molar-refractivity contribution is 6.42. The highest BCUT2D eigenvalue weighted by Crippen LogP contribution is 2.23. The lowest BCUT2D eigenvalue weighted by atomic mass is 10.2. The van der Waals surface area contributed by atoms with Crippen LogP contribution in [0.2, 0.25) is 10.0 Å². The number of aryl methyl sites for hydroxylation is 1. The Balaban J connectivity index is 2.02. The first-order chi connectivity index (χ1) is 12.9. The molecule has 0 atom stereocenters. The van der Waals surface area contributed by atoms with E-state index in [1.54, 1.807) is 6.33 Å². The molecule has 8 heteroatoms. The molecule has 0 aliphatic heterocycles. The molecule has 1 heterocycles. The van der Waals surface area contributed by atoms with Gasteiger partial charge in [0.05, 0.1) is 16.6 Å². The lowest BCUT2D eigenvalue weighted by molar-refractivity contribution is 0.471. The van der Waals surface area contributed by atoms with Gasteiger partial charge in [-0.3, -0.25) is 0 Å². The number of halogens is 2. The molecule has 6 nitrogen and oxygen atoms in total. The van der Waals surface area contributed by atoms with Gasteiger partial charge in [0.25, 0.3) is 0 Å². The predicted octanol–water partition coefficient (Wildman–Crippen LogP) is 3.80. The summed E-state index contributed by atoms with van der Waals surface area (Å²) in [4.78, 5) is 6.70. The summed E-state index contributed by atoms with van der Waals surface area (Å²) >= 11 is 12.1. The third-order valence-corrected chi connectivity index (χ3v) is 4.65. The Morgan fingerprint density at radius 3 is 2.78 bits per heavy atom. The van der Waals surface area contributed by atoms with Gasteiger partial charge in [0.15, 0.2) is 5.96 Å². The van der Waals surface area contributed by atoms with Crippen molar-refractivity contribution in [2.24, 2.45) is 4.99 Å². The molecule has 0 unspecified atom stereocenters. The van der Waals surface area contributed by atoms with Gasteiger partial charge >= 0.3 is 0 Å². The molecular weight excluding hydrogens is 383 g/mol. The molecular formula is C19H26Cl2N6. The van der Waals surface area contributed by atoms with E-state index in [4.69, 9.17) is 23.2 Å². The standard InChI is InChI=1S/C19H26Cl2N6/c1-5-18-25-24-13-27(18)9-8-22-19(23-11-14(2)3)26(4)12-15-6-7-16(20)17(21)10-15/h6-7,10,13H,2,5,8-9,11-12H2,1,3-4H3,(H,22,23). The molecule has 1 aromatic carbocycles. The van der Waals surface area contributed by atoms with Crippen LogP contribution in [-0.4, -0.2) is 45.8 Å². The Morgan fingerprint density at radius 1 is 1.33 bits per heavy atom. The van der Waals surface area contributed by atoms with E-state index in [1.807, 2.05) is 36.7 Å². The van der Waals surface area contributed by atoms with Gasteiger partial charge < -0.3 is 14.8 Å². The van der Waals surface area contributed by atoms with E-state index in [0.717, 1.165) is 35.9 Å². The van der Waals surface area contributed by atoms with Crippen LogP contribution in [0.3, 0.4) is 0 Å². The van der Waals surface area contributed by atoms with E-state index in [-0.39, 0.29) is 0 Å². The second-order valence-electron chi connectivity index (χ2n) is 6.42. The summed E-state index contributed by atoms with van der Waals surface area (Å²) in [5.74, 6) is 1.77. The van der Waals surface area contributed by atoms with Gasteiger partial charge in [-0.2, -0.15) is 0 Å². The van der Waals surface area contributed by atoms with Crippen molar-refractivity contribution in [1.29, 1.82) is 0 Å². The quantitative estimate of drug-likeness (QED) is 0.409. The number of guanidine groups is 1. The Bertz CT molecular complexity index is 799. The molecule has 1 N–H and O–H groups in total. The number of nitrogens with zero attached hydrogens (tertiary/aromatic N) is 5. The van der Waals surface area contributed by atoms with E-state index >= 15 is 0 Å². The van der Waals surface area contributed by atoms with Crippen molar-refractivity contribution in [3.8, 4) is 0 Å². The first-order valence-electron chi connectivity index (χ1n) is 8.85. The maximum atomic E-state index is 6.13. The molecule has 0 saturated carbocycles. The molecule has 0 aliphatic carbocycles. The second kappa shape index (κ2) is 10.3. The minimum Gasteiger partial charge on any atom is -0.354 e. The van der Waals surface area contributed by atoms with Crippen molar-refractivity contribution >= 4 is 29.2 Å². The lowest BCUT2D eigenvalue weighted by Crippen LogP contribution is -2.40. The normalized spacial score (nSPS) is 11.5. The molecule has 2 aromatic rings. The maximum absolute atomic E-state index is 6.13. The van der Waals surface area contributed by atoms with Crippen LogP contribution in [0.5, 0.6) is 0 Å². The number of hydrogen-bond acceptors (Lipinski definition) is 3. The van der Waals surface area contributed by atoms with Gasteiger partial charge in [-0.25, -0.2) is 4.99 Å². The Hall–Kier alpha value is -2.05. The zero-order valence-corrected chi connectivity index (χ0v) is 17.6. The zero-order chi connectivity index (χ0) is 19.8.